The van der Waals surface area contributed by atoms with Crippen LogP contribution in [0, 0.1) is 5.92 Å². The summed E-state index contributed by atoms with van der Waals surface area (Å²) >= 11 is 0. The van der Waals surface area contributed by atoms with Crippen molar-refractivity contribution in [1.82, 2.24) is 37.2 Å². The number of hydrogen-bond donors (Lipinski definition) is 10. The molecule has 19 nitrogen and oxygen atoms in total. The van der Waals surface area contributed by atoms with E-state index in [0.29, 0.717) is 12.8 Å². The van der Waals surface area contributed by atoms with Gasteiger partial charge in [-0.2, -0.15) is 0 Å². The number of amides is 8. The maximum atomic E-state index is 13.3. The molecule has 12 N–H and O–H groups in total. The van der Waals surface area contributed by atoms with Crippen LogP contribution in [0.4, 0.5) is 0 Å². The highest BCUT2D eigenvalue weighted by molar-refractivity contribution is 5.97. The lowest BCUT2D eigenvalue weighted by Crippen LogP contribution is -2.58. The summed E-state index contributed by atoms with van der Waals surface area (Å²) in [5.74, 6) is -7.99. The Labute approximate surface area is 271 Å². The summed E-state index contributed by atoms with van der Waals surface area (Å²) in [6, 6.07) is -6.39. The fourth-order valence-electron chi connectivity index (χ4n) is 4.42. The predicted octanol–water partition coefficient (Wildman–Crippen LogP) is -4.41. The second-order valence-electron chi connectivity index (χ2n) is 11.6. The van der Waals surface area contributed by atoms with Crippen molar-refractivity contribution >= 4 is 53.2 Å². The Morgan fingerprint density at radius 1 is 0.830 bits per heavy atom. The molecule has 1 unspecified atom stereocenters. The van der Waals surface area contributed by atoms with Crippen LogP contribution in [0.25, 0.3) is 0 Å². The summed E-state index contributed by atoms with van der Waals surface area (Å²) in [5.41, 5.74) is 10.5. The third-order valence-electron chi connectivity index (χ3n) is 6.93. The number of nitrogens with two attached hydrogens (primary N) is 2. The molecule has 0 aromatic heterocycles. The van der Waals surface area contributed by atoms with Crippen LogP contribution >= 0.6 is 0 Å². The lowest BCUT2D eigenvalue weighted by molar-refractivity contribution is -0.141. The average molecular weight is 670 g/mol. The van der Waals surface area contributed by atoms with Crippen molar-refractivity contribution in [1.29, 1.82) is 0 Å². The van der Waals surface area contributed by atoms with Gasteiger partial charge in [0.05, 0.1) is 19.5 Å². The molecule has 0 bridgehead atoms. The van der Waals surface area contributed by atoms with Crippen molar-refractivity contribution in [2.24, 2.45) is 17.4 Å². The van der Waals surface area contributed by atoms with Crippen LogP contribution in [0.5, 0.6) is 0 Å². The second-order valence-corrected chi connectivity index (χ2v) is 11.6. The van der Waals surface area contributed by atoms with Gasteiger partial charge in [0.2, 0.25) is 47.3 Å². The Morgan fingerprint density at radius 3 is 2.04 bits per heavy atom. The molecule has 1 aliphatic heterocycles. The van der Waals surface area contributed by atoms with E-state index in [1.54, 1.807) is 13.8 Å². The lowest BCUT2D eigenvalue weighted by atomic mass is 10.0. The molecule has 0 aromatic rings. The number of primary amides is 2. The van der Waals surface area contributed by atoms with Gasteiger partial charge >= 0.3 is 5.97 Å². The van der Waals surface area contributed by atoms with E-state index in [0.717, 1.165) is 0 Å². The highest BCUT2D eigenvalue weighted by atomic mass is 16.4. The van der Waals surface area contributed by atoms with Crippen LogP contribution < -0.4 is 48.7 Å². The van der Waals surface area contributed by atoms with Gasteiger partial charge in [0.1, 0.15) is 30.2 Å². The van der Waals surface area contributed by atoms with Gasteiger partial charge in [-0.25, -0.2) is 0 Å². The molecule has 1 heterocycles. The third kappa shape index (κ3) is 16.4. The van der Waals surface area contributed by atoms with Crippen molar-refractivity contribution in [3.8, 4) is 0 Å². The number of carboxylic acids is 1. The van der Waals surface area contributed by atoms with Crippen molar-refractivity contribution < 1.29 is 48.3 Å². The van der Waals surface area contributed by atoms with Crippen molar-refractivity contribution in [3.05, 3.63) is 0 Å². The van der Waals surface area contributed by atoms with E-state index in [1.165, 1.54) is 6.92 Å². The summed E-state index contributed by atoms with van der Waals surface area (Å²) in [4.78, 5) is 112. The minimum Gasteiger partial charge on any atom is -0.481 e. The van der Waals surface area contributed by atoms with Crippen LogP contribution in [-0.4, -0.2) is 108 Å². The molecule has 1 saturated heterocycles. The van der Waals surface area contributed by atoms with E-state index in [9.17, 15) is 48.3 Å². The molecule has 0 aliphatic carbocycles. The first-order valence-corrected chi connectivity index (χ1v) is 15.3. The smallest absolute Gasteiger partial charge is 0.305 e. The number of carbonyl (C=O) groups is 9. The molecule has 0 aromatic carbocycles. The average Bonchev–Trinajstić information content (AvgIpc) is 2.96. The molecule has 5 atom stereocenters. The van der Waals surface area contributed by atoms with E-state index < -0.39 is 96.4 Å². The van der Waals surface area contributed by atoms with Crippen molar-refractivity contribution in [3.63, 3.8) is 0 Å². The molecular formula is C28H47N9O10. The molecule has 264 valence electrons. The first-order valence-electron chi connectivity index (χ1n) is 15.3. The number of nitrogens with one attached hydrogen (secondary N) is 7. The summed E-state index contributed by atoms with van der Waals surface area (Å²) in [6.07, 6.45) is -0.492. The van der Waals surface area contributed by atoms with E-state index in [1.807, 2.05) is 0 Å². The van der Waals surface area contributed by atoms with Gasteiger partial charge in [0.25, 0.3) is 0 Å². The fraction of sp³-hybridized carbons (Fsp3) is 0.679. The standard InChI is InChI=1S/C28H47N9O10/c1-14(2)10-18-25(44)32-13-22(40)34-16(26(45)33-15(3)24(30)43)6-4-5-9-31-12-21(39)35-19(11-23(41)42)28(47)36-17(27(46)37-18)7-8-20(29)38/h14-19,31H,4-13H2,1-3H3,(H2,29,38)(H2,30,43)(H,32,44)(H,33,45)(H,34,40)(H,35,39)(H,36,47)(H,37,46)(H,41,42)/t15-,16-,17-,18-,19?/m0/s1. The van der Waals surface area contributed by atoms with E-state index in [4.69, 9.17) is 11.5 Å². The monoisotopic (exact) mass is 669 g/mol. The van der Waals surface area contributed by atoms with Crippen molar-refractivity contribution in [2.75, 3.05) is 19.6 Å². The molecular weight excluding hydrogens is 622 g/mol. The van der Waals surface area contributed by atoms with Gasteiger partial charge in [-0.15, -0.1) is 0 Å². The molecule has 19 heteroatoms. The van der Waals surface area contributed by atoms with Crippen LogP contribution in [-0.2, 0) is 43.2 Å². The zero-order chi connectivity index (χ0) is 35.7. The normalized spacial score (nSPS) is 23.4. The number of aliphatic carboxylic acids is 1. The first-order chi connectivity index (χ1) is 22.0. The lowest BCUT2D eigenvalue weighted by Gasteiger charge is -2.25. The SMILES string of the molecule is CC(C)C[C@@H]1NC(=O)[C@H](CCC(N)=O)NC(=O)C(CC(=O)O)NC(=O)CNCCCC[C@@H](C(=O)N[C@@H](C)C(N)=O)NC(=O)CNC1=O. The maximum Gasteiger partial charge on any atom is 0.305 e. The molecule has 47 heavy (non-hydrogen) atoms. The van der Waals surface area contributed by atoms with E-state index >= 15 is 0 Å². The fourth-order valence-corrected chi connectivity index (χ4v) is 4.42. The predicted molar refractivity (Wildman–Crippen MR) is 164 cm³/mol. The van der Waals surface area contributed by atoms with Gasteiger partial charge in [-0.05, 0) is 51.5 Å². The Morgan fingerprint density at radius 2 is 1.45 bits per heavy atom. The molecule has 0 radical (unpaired) electrons. The molecule has 0 saturated carbocycles. The van der Waals surface area contributed by atoms with E-state index in [2.05, 4.69) is 37.2 Å². The number of carbonyl (C=O) groups excluding carboxylic acids is 8. The minimum atomic E-state index is -1.59. The number of rotatable bonds is 10. The van der Waals surface area contributed by atoms with Gasteiger partial charge in [0, 0.05) is 6.42 Å². The zero-order valence-electron chi connectivity index (χ0n) is 26.8. The highest BCUT2D eigenvalue weighted by Crippen LogP contribution is 2.08. The molecule has 1 fully saturated rings. The zero-order valence-corrected chi connectivity index (χ0v) is 26.8. The van der Waals surface area contributed by atoms with Crippen LogP contribution in [0.1, 0.15) is 65.7 Å². The van der Waals surface area contributed by atoms with Crippen molar-refractivity contribution in [2.45, 2.75) is 95.9 Å². The van der Waals surface area contributed by atoms with Gasteiger partial charge in [-0.1, -0.05) is 13.8 Å². The van der Waals surface area contributed by atoms with Gasteiger partial charge in [-0.3, -0.25) is 43.2 Å². The molecule has 1 rings (SSSR count). The topological polar surface area (TPSA) is 310 Å². The molecule has 1 aliphatic rings. The van der Waals surface area contributed by atoms with Crippen LogP contribution in [0.2, 0.25) is 0 Å². The summed E-state index contributed by atoms with van der Waals surface area (Å²) in [7, 11) is 0. The van der Waals surface area contributed by atoms with Crippen LogP contribution in [0.15, 0.2) is 0 Å². The Balaban J connectivity index is 3.34. The second kappa shape index (κ2) is 20.3. The Hall–Kier alpha value is -4.81. The summed E-state index contributed by atoms with van der Waals surface area (Å²) < 4.78 is 0. The Bertz CT molecular complexity index is 1180. The summed E-state index contributed by atoms with van der Waals surface area (Å²) in [5, 5.41) is 26.6. The maximum absolute atomic E-state index is 13.3. The number of hydrogen-bond acceptors (Lipinski definition) is 10. The first kappa shape index (κ1) is 40.2. The summed E-state index contributed by atoms with van der Waals surface area (Å²) in [6.45, 7) is 4.27. The van der Waals surface area contributed by atoms with E-state index in [-0.39, 0.29) is 44.7 Å². The van der Waals surface area contributed by atoms with Gasteiger partial charge < -0.3 is 53.8 Å². The third-order valence-corrected chi connectivity index (χ3v) is 6.93. The van der Waals surface area contributed by atoms with Gasteiger partial charge in [0.15, 0.2) is 0 Å². The molecule has 8 amide bonds. The molecule has 0 spiro atoms. The quantitative estimate of drug-likeness (QED) is 0.106. The van der Waals surface area contributed by atoms with Crippen LogP contribution in [0.3, 0.4) is 0 Å². The highest BCUT2D eigenvalue weighted by Gasteiger charge is 2.32. The largest absolute Gasteiger partial charge is 0.481 e. The number of carboxylic acid groups (broad SMARTS) is 1. The Kier molecular flexibility index (Phi) is 17.4. The minimum absolute atomic E-state index is 0.0937.